The summed E-state index contributed by atoms with van der Waals surface area (Å²) in [6, 6.07) is 8.97. The number of nitrogens with zero attached hydrogens (tertiary/aromatic N) is 2. The molecule has 25 heavy (non-hydrogen) atoms. The lowest BCUT2D eigenvalue weighted by atomic mass is 9.54. The number of hydrazone groups is 1. The second kappa shape index (κ2) is 6.34. The summed E-state index contributed by atoms with van der Waals surface area (Å²) >= 11 is 9.29. The van der Waals surface area contributed by atoms with E-state index in [-0.39, 0.29) is 0 Å². The first-order valence-corrected chi connectivity index (χ1v) is 10.8. The lowest BCUT2D eigenvalue weighted by Gasteiger charge is -2.54. The molecule has 1 aromatic rings. The predicted octanol–water partition coefficient (Wildman–Crippen LogP) is 4.56. The minimum Gasteiger partial charge on any atom is -0.358 e. The highest BCUT2D eigenvalue weighted by Crippen LogP contribution is 2.53. The van der Waals surface area contributed by atoms with Crippen LogP contribution in [0.1, 0.15) is 44.1 Å². The van der Waals surface area contributed by atoms with Crippen LogP contribution >= 0.6 is 28.1 Å². The lowest BCUT2D eigenvalue weighted by Crippen LogP contribution is -2.57. The van der Waals surface area contributed by atoms with Crippen molar-refractivity contribution < 1.29 is 0 Å². The Kier molecular flexibility index (Phi) is 4.12. The van der Waals surface area contributed by atoms with E-state index in [9.17, 15) is 0 Å². The van der Waals surface area contributed by atoms with E-state index in [4.69, 9.17) is 17.3 Å². The normalized spacial score (nSPS) is 35.8. The van der Waals surface area contributed by atoms with Gasteiger partial charge in [0.2, 0.25) is 0 Å². The first-order valence-electron chi connectivity index (χ1n) is 9.57. The molecule has 5 heteroatoms. The topological polar surface area (TPSA) is 27.6 Å². The van der Waals surface area contributed by atoms with Gasteiger partial charge in [-0.1, -0.05) is 28.1 Å². The van der Waals surface area contributed by atoms with Crippen molar-refractivity contribution in [3.63, 3.8) is 0 Å². The Balaban J connectivity index is 1.28. The fourth-order valence-electron chi connectivity index (χ4n) is 5.85. The van der Waals surface area contributed by atoms with E-state index in [0.29, 0.717) is 6.04 Å². The number of rotatable bonds is 2. The van der Waals surface area contributed by atoms with E-state index in [1.165, 1.54) is 37.7 Å². The van der Waals surface area contributed by atoms with Crippen LogP contribution in [-0.4, -0.2) is 28.4 Å². The van der Waals surface area contributed by atoms with Crippen molar-refractivity contribution in [3.8, 4) is 0 Å². The smallest absolute Gasteiger partial charge is 0.189 e. The maximum Gasteiger partial charge on any atom is 0.189 e. The van der Waals surface area contributed by atoms with Crippen LogP contribution in [0.2, 0.25) is 0 Å². The Labute approximate surface area is 163 Å². The molecule has 1 N–H and O–H groups in total. The van der Waals surface area contributed by atoms with Gasteiger partial charge in [-0.2, -0.15) is 5.10 Å². The van der Waals surface area contributed by atoms with Gasteiger partial charge >= 0.3 is 0 Å². The lowest BCUT2D eigenvalue weighted by molar-refractivity contribution is -0.00759. The summed E-state index contributed by atoms with van der Waals surface area (Å²) in [5.74, 6) is 3.68. The van der Waals surface area contributed by atoms with Crippen LogP contribution in [0.4, 0.5) is 0 Å². The van der Waals surface area contributed by atoms with Crippen LogP contribution in [0, 0.1) is 23.7 Å². The monoisotopic (exact) mass is 417 g/mol. The number of halogens is 1. The minimum absolute atomic E-state index is 0.588. The van der Waals surface area contributed by atoms with E-state index in [1.54, 1.807) is 0 Å². The molecule has 4 saturated carbocycles. The predicted molar refractivity (Wildman–Crippen MR) is 109 cm³/mol. The molecule has 0 unspecified atom stereocenters. The molecule has 0 saturated heterocycles. The highest BCUT2D eigenvalue weighted by atomic mass is 79.9. The zero-order chi connectivity index (χ0) is 17.0. The fourth-order valence-corrected chi connectivity index (χ4v) is 6.52. The number of benzene rings is 1. The Morgan fingerprint density at radius 1 is 1.12 bits per heavy atom. The van der Waals surface area contributed by atoms with Crippen LogP contribution in [0.15, 0.2) is 33.8 Å². The van der Waals surface area contributed by atoms with Gasteiger partial charge in [-0.3, -0.25) is 0 Å². The molecule has 4 aliphatic carbocycles. The zero-order valence-corrected chi connectivity index (χ0v) is 16.7. The molecule has 0 aromatic heterocycles. The van der Waals surface area contributed by atoms with E-state index in [1.807, 2.05) is 5.01 Å². The van der Waals surface area contributed by atoms with Crippen molar-refractivity contribution in [2.45, 2.75) is 44.6 Å². The van der Waals surface area contributed by atoms with Crippen LogP contribution in [0.3, 0.4) is 0 Å². The standard InChI is InChI=1S/C20H24BrN3S/c21-17-3-1-2-14(11-17)18-4-5-24(23-18)20(25)22-19-15-7-12-6-13(9-15)10-16(19)8-12/h1-3,11-13,15-16,19H,4-10H2,(H,22,25). The first kappa shape index (κ1) is 16.2. The molecule has 0 atom stereocenters. The number of nitrogens with one attached hydrogen (secondary N) is 1. The van der Waals surface area contributed by atoms with E-state index in [2.05, 4.69) is 45.5 Å². The van der Waals surface area contributed by atoms with Crippen molar-refractivity contribution in [1.29, 1.82) is 0 Å². The first-order chi connectivity index (χ1) is 12.2. The molecule has 3 nitrogen and oxygen atoms in total. The van der Waals surface area contributed by atoms with Crippen molar-refractivity contribution in [2.75, 3.05) is 6.54 Å². The summed E-state index contributed by atoms with van der Waals surface area (Å²) in [4.78, 5) is 0. The van der Waals surface area contributed by atoms with E-state index in [0.717, 1.165) is 51.9 Å². The Hall–Kier alpha value is -0.940. The maximum absolute atomic E-state index is 5.74. The Bertz CT molecular complexity index is 703. The molecule has 4 bridgehead atoms. The van der Waals surface area contributed by atoms with Crippen LogP contribution in [-0.2, 0) is 0 Å². The molecular weight excluding hydrogens is 394 g/mol. The van der Waals surface area contributed by atoms with Crippen LogP contribution < -0.4 is 5.32 Å². The van der Waals surface area contributed by atoms with Gasteiger partial charge < -0.3 is 5.32 Å². The quantitative estimate of drug-likeness (QED) is 0.714. The van der Waals surface area contributed by atoms with Gasteiger partial charge in [-0.25, -0.2) is 5.01 Å². The van der Waals surface area contributed by atoms with Gasteiger partial charge in [0.05, 0.1) is 5.71 Å². The summed E-state index contributed by atoms with van der Waals surface area (Å²) in [6.45, 7) is 0.890. The summed E-state index contributed by atoms with van der Waals surface area (Å²) in [5, 5.41) is 11.4. The molecule has 5 aliphatic rings. The van der Waals surface area contributed by atoms with Crippen LogP contribution in [0.5, 0.6) is 0 Å². The van der Waals surface area contributed by atoms with Crippen molar-refractivity contribution in [3.05, 3.63) is 34.3 Å². The van der Waals surface area contributed by atoms with Crippen molar-refractivity contribution in [1.82, 2.24) is 10.3 Å². The molecule has 1 heterocycles. The average Bonchev–Trinajstić information content (AvgIpc) is 3.07. The molecule has 4 fully saturated rings. The molecular formula is C20H24BrN3S. The van der Waals surface area contributed by atoms with Gasteiger partial charge in [-0.15, -0.1) is 0 Å². The molecule has 1 aromatic carbocycles. The number of thiocarbonyl (C=S) groups is 1. The highest BCUT2D eigenvalue weighted by Gasteiger charge is 2.48. The molecule has 0 amide bonds. The third-order valence-corrected chi connectivity index (χ3v) is 7.53. The summed E-state index contributed by atoms with van der Waals surface area (Å²) in [5.41, 5.74) is 2.32. The summed E-state index contributed by atoms with van der Waals surface area (Å²) < 4.78 is 1.10. The Morgan fingerprint density at radius 2 is 1.84 bits per heavy atom. The van der Waals surface area contributed by atoms with E-state index < -0.39 is 0 Å². The van der Waals surface area contributed by atoms with E-state index >= 15 is 0 Å². The molecule has 1 aliphatic heterocycles. The van der Waals surface area contributed by atoms with Gasteiger partial charge in [0.15, 0.2) is 5.11 Å². The summed E-state index contributed by atoms with van der Waals surface area (Å²) in [7, 11) is 0. The highest BCUT2D eigenvalue weighted by molar-refractivity contribution is 9.10. The number of hydrogen-bond acceptors (Lipinski definition) is 2. The van der Waals surface area contributed by atoms with Crippen molar-refractivity contribution in [2.24, 2.45) is 28.8 Å². The summed E-state index contributed by atoms with van der Waals surface area (Å²) in [6.07, 6.45) is 8.12. The largest absolute Gasteiger partial charge is 0.358 e. The molecule has 0 radical (unpaired) electrons. The maximum atomic E-state index is 5.74. The van der Waals surface area contributed by atoms with Crippen LogP contribution in [0.25, 0.3) is 0 Å². The van der Waals surface area contributed by atoms with Gasteiger partial charge in [0, 0.05) is 23.5 Å². The van der Waals surface area contributed by atoms with Gasteiger partial charge in [0.25, 0.3) is 0 Å². The molecule has 132 valence electrons. The fraction of sp³-hybridized carbons (Fsp3) is 0.600. The average molecular weight is 418 g/mol. The number of hydrogen-bond donors (Lipinski definition) is 1. The third kappa shape index (κ3) is 3.03. The second-order valence-corrected chi connectivity index (χ2v) is 9.64. The molecule has 0 spiro atoms. The van der Waals surface area contributed by atoms with Gasteiger partial charge in [0.1, 0.15) is 0 Å². The van der Waals surface area contributed by atoms with Gasteiger partial charge in [-0.05, 0) is 85.7 Å². The Morgan fingerprint density at radius 3 is 2.52 bits per heavy atom. The zero-order valence-electron chi connectivity index (χ0n) is 14.3. The van der Waals surface area contributed by atoms with Crippen molar-refractivity contribution >= 4 is 39.0 Å². The molecule has 6 rings (SSSR count). The second-order valence-electron chi connectivity index (χ2n) is 8.34. The minimum atomic E-state index is 0.588. The SMILES string of the molecule is S=C(NC1C2CC3CC(C2)CC1C3)N1CCC(c2cccc(Br)c2)=N1. The third-order valence-electron chi connectivity index (χ3n) is 6.71.